The first-order valence-electron chi connectivity index (χ1n) is 5.48. The first-order valence-corrected chi connectivity index (χ1v) is 5.48. The van der Waals surface area contributed by atoms with Crippen molar-refractivity contribution in [2.45, 2.75) is 19.4 Å². The van der Waals surface area contributed by atoms with Gasteiger partial charge in [0.05, 0.1) is 0 Å². The van der Waals surface area contributed by atoms with E-state index in [0.29, 0.717) is 12.4 Å². The molecule has 16 heavy (non-hydrogen) atoms. The second-order valence-electron chi connectivity index (χ2n) is 3.85. The Balaban J connectivity index is 2.27. The average Bonchev–Trinajstić information content (AvgIpc) is 2.28. The van der Waals surface area contributed by atoms with Gasteiger partial charge in [-0.05, 0) is 12.5 Å². The molecule has 5 heteroatoms. The molecule has 2 rings (SSSR count). The molecule has 1 aliphatic rings. The molecule has 0 aromatic carbocycles. The number of carbonyl (C=O) groups is 1. The second-order valence-corrected chi connectivity index (χ2v) is 3.85. The number of pyridine rings is 1. The maximum Gasteiger partial charge on any atom is 0.242 e. The molecule has 1 aromatic heterocycles. The highest BCUT2D eigenvalue weighted by atomic mass is 16.2. The van der Waals surface area contributed by atoms with Crippen LogP contribution < -0.4 is 16.0 Å². The summed E-state index contributed by atoms with van der Waals surface area (Å²) in [6, 6.07) is 3.59. The SMILES string of the molecule is CCC1C(=O)NCCN1c1ccnc(N)c1. The van der Waals surface area contributed by atoms with Crippen LogP contribution in [0.25, 0.3) is 0 Å². The van der Waals surface area contributed by atoms with E-state index in [9.17, 15) is 4.79 Å². The van der Waals surface area contributed by atoms with Crippen LogP contribution in [0.5, 0.6) is 0 Å². The number of nitrogens with two attached hydrogens (primary N) is 1. The molecule has 1 aliphatic heterocycles. The number of hydrogen-bond acceptors (Lipinski definition) is 4. The molecule has 5 nitrogen and oxygen atoms in total. The minimum atomic E-state index is -0.101. The third kappa shape index (κ3) is 1.93. The molecule has 0 bridgehead atoms. The Hall–Kier alpha value is -1.78. The van der Waals surface area contributed by atoms with E-state index in [1.807, 2.05) is 13.0 Å². The lowest BCUT2D eigenvalue weighted by molar-refractivity contribution is -0.123. The minimum absolute atomic E-state index is 0.0872. The van der Waals surface area contributed by atoms with Gasteiger partial charge in [0.15, 0.2) is 0 Å². The predicted molar refractivity (Wildman–Crippen MR) is 63.1 cm³/mol. The summed E-state index contributed by atoms with van der Waals surface area (Å²) in [7, 11) is 0. The van der Waals surface area contributed by atoms with Crippen LogP contribution in [0.3, 0.4) is 0 Å². The highest BCUT2D eigenvalue weighted by molar-refractivity contribution is 5.86. The van der Waals surface area contributed by atoms with E-state index in [-0.39, 0.29) is 11.9 Å². The van der Waals surface area contributed by atoms with Gasteiger partial charge in [-0.3, -0.25) is 4.79 Å². The largest absolute Gasteiger partial charge is 0.384 e. The van der Waals surface area contributed by atoms with Gasteiger partial charge in [0, 0.05) is 31.0 Å². The van der Waals surface area contributed by atoms with Crippen LogP contribution in [0.2, 0.25) is 0 Å². The minimum Gasteiger partial charge on any atom is -0.384 e. The molecule has 1 atom stereocenters. The number of nitrogens with zero attached hydrogens (tertiary/aromatic N) is 2. The van der Waals surface area contributed by atoms with Crippen LogP contribution in [0.1, 0.15) is 13.3 Å². The van der Waals surface area contributed by atoms with E-state index in [2.05, 4.69) is 15.2 Å². The molecule has 1 saturated heterocycles. The molecule has 1 fully saturated rings. The molecular weight excluding hydrogens is 204 g/mol. The van der Waals surface area contributed by atoms with Crippen molar-refractivity contribution >= 4 is 17.4 Å². The third-order valence-electron chi connectivity index (χ3n) is 2.81. The van der Waals surface area contributed by atoms with Gasteiger partial charge in [-0.1, -0.05) is 6.92 Å². The van der Waals surface area contributed by atoms with Gasteiger partial charge in [0.2, 0.25) is 5.91 Å². The topological polar surface area (TPSA) is 71.2 Å². The first-order chi connectivity index (χ1) is 7.72. The fourth-order valence-electron chi connectivity index (χ4n) is 2.04. The third-order valence-corrected chi connectivity index (χ3v) is 2.81. The zero-order valence-corrected chi connectivity index (χ0v) is 9.31. The zero-order valence-electron chi connectivity index (χ0n) is 9.31. The van der Waals surface area contributed by atoms with Crippen molar-refractivity contribution in [1.29, 1.82) is 0 Å². The van der Waals surface area contributed by atoms with E-state index in [1.165, 1.54) is 0 Å². The van der Waals surface area contributed by atoms with E-state index >= 15 is 0 Å². The summed E-state index contributed by atoms with van der Waals surface area (Å²) >= 11 is 0. The van der Waals surface area contributed by atoms with Crippen molar-refractivity contribution in [1.82, 2.24) is 10.3 Å². The van der Waals surface area contributed by atoms with Gasteiger partial charge in [-0.25, -0.2) is 4.98 Å². The van der Waals surface area contributed by atoms with Gasteiger partial charge in [0.25, 0.3) is 0 Å². The van der Waals surface area contributed by atoms with Crippen LogP contribution in [0.15, 0.2) is 18.3 Å². The normalized spacial score (nSPS) is 20.7. The molecular formula is C11H16N4O. The lowest BCUT2D eigenvalue weighted by Crippen LogP contribution is -2.55. The monoisotopic (exact) mass is 220 g/mol. The van der Waals surface area contributed by atoms with Crippen molar-refractivity contribution in [2.24, 2.45) is 0 Å². The van der Waals surface area contributed by atoms with Gasteiger partial charge in [-0.15, -0.1) is 0 Å². The Morgan fingerprint density at radius 1 is 1.69 bits per heavy atom. The molecule has 0 radical (unpaired) electrons. The van der Waals surface area contributed by atoms with Crippen LogP contribution >= 0.6 is 0 Å². The van der Waals surface area contributed by atoms with Crippen LogP contribution in [-0.2, 0) is 4.79 Å². The second kappa shape index (κ2) is 4.38. The summed E-state index contributed by atoms with van der Waals surface area (Å²) in [4.78, 5) is 17.7. The van der Waals surface area contributed by atoms with E-state index in [0.717, 1.165) is 18.7 Å². The van der Waals surface area contributed by atoms with E-state index < -0.39 is 0 Å². The van der Waals surface area contributed by atoms with Gasteiger partial charge < -0.3 is 16.0 Å². The van der Waals surface area contributed by atoms with Crippen LogP contribution in [0.4, 0.5) is 11.5 Å². The fourth-order valence-corrected chi connectivity index (χ4v) is 2.04. The van der Waals surface area contributed by atoms with Crippen LogP contribution in [0, 0.1) is 0 Å². The maximum absolute atomic E-state index is 11.7. The quantitative estimate of drug-likeness (QED) is 0.755. The van der Waals surface area contributed by atoms with E-state index in [4.69, 9.17) is 5.73 Å². The summed E-state index contributed by atoms with van der Waals surface area (Å²) in [5.41, 5.74) is 6.62. The van der Waals surface area contributed by atoms with Gasteiger partial charge >= 0.3 is 0 Å². The molecule has 1 amide bonds. The van der Waals surface area contributed by atoms with Crippen LogP contribution in [-0.4, -0.2) is 30.0 Å². The van der Waals surface area contributed by atoms with Crippen molar-refractivity contribution in [3.63, 3.8) is 0 Å². The summed E-state index contributed by atoms with van der Waals surface area (Å²) in [5.74, 6) is 0.572. The number of piperazine rings is 1. The molecule has 2 heterocycles. The fraction of sp³-hybridized carbons (Fsp3) is 0.455. The predicted octanol–water partition coefficient (Wildman–Crippen LogP) is 0.379. The zero-order chi connectivity index (χ0) is 11.5. The Kier molecular flexibility index (Phi) is 2.94. The van der Waals surface area contributed by atoms with Crippen molar-refractivity contribution in [3.05, 3.63) is 18.3 Å². The van der Waals surface area contributed by atoms with Gasteiger partial charge in [0.1, 0.15) is 11.9 Å². The molecule has 86 valence electrons. The number of anilines is 2. The Morgan fingerprint density at radius 2 is 2.50 bits per heavy atom. The molecule has 1 unspecified atom stereocenters. The first kappa shape index (κ1) is 10.7. The molecule has 0 saturated carbocycles. The number of aromatic nitrogens is 1. The number of hydrogen-bond donors (Lipinski definition) is 2. The standard InChI is InChI=1S/C11H16N4O/c1-2-9-11(16)14-5-6-15(9)8-3-4-13-10(12)7-8/h3-4,7,9H,2,5-6H2,1H3,(H2,12,13)(H,14,16). The molecule has 1 aromatic rings. The number of nitrogen functional groups attached to an aromatic ring is 1. The maximum atomic E-state index is 11.7. The van der Waals surface area contributed by atoms with Crippen molar-refractivity contribution in [3.8, 4) is 0 Å². The Labute approximate surface area is 94.6 Å². The summed E-state index contributed by atoms with van der Waals surface area (Å²) in [6.45, 7) is 3.50. The smallest absolute Gasteiger partial charge is 0.242 e. The highest BCUT2D eigenvalue weighted by Crippen LogP contribution is 2.21. The Bertz CT molecular complexity index is 393. The van der Waals surface area contributed by atoms with Gasteiger partial charge in [-0.2, -0.15) is 0 Å². The number of rotatable bonds is 2. The summed E-state index contributed by atoms with van der Waals surface area (Å²) in [6.07, 6.45) is 2.46. The van der Waals surface area contributed by atoms with Crippen molar-refractivity contribution < 1.29 is 4.79 Å². The number of nitrogens with one attached hydrogen (secondary N) is 1. The lowest BCUT2D eigenvalue weighted by Gasteiger charge is -2.36. The summed E-state index contributed by atoms with van der Waals surface area (Å²) in [5, 5.41) is 2.87. The molecule has 3 N–H and O–H groups in total. The van der Waals surface area contributed by atoms with E-state index in [1.54, 1.807) is 12.3 Å². The van der Waals surface area contributed by atoms with Crippen molar-refractivity contribution in [2.75, 3.05) is 23.7 Å². The number of amides is 1. The summed E-state index contributed by atoms with van der Waals surface area (Å²) < 4.78 is 0. The lowest BCUT2D eigenvalue weighted by atomic mass is 10.1. The molecule has 0 spiro atoms. The Morgan fingerprint density at radius 3 is 3.19 bits per heavy atom. The average molecular weight is 220 g/mol. The molecule has 0 aliphatic carbocycles. The number of carbonyl (C=O) groups excluding carboxylic acids is 1. The highest BCUT2D eigenvalue weighted by Gasteiger charge is 2.28.